The van der Waals surface area contributed by atoms with Gasteiger partial charge in [-0.3, -0.25) is 9.80 Å². The number of rotatable bonds is 6. The number of alkyl carbamates (subject to hydrolysis) is 1. The molecule has 0 bridgehead atoms. The number of piperazine rings is 1. The van der Waals surface area contributed by atoms with E-state index in [2.05, 4.69) is 19.9 Å². The van der Waals surface area contributed by atoms with Gasteiger partial charge in [0.05, 0.1) is 7.11 Å². The molecule has 23 heavy (non-hydrogen) atoms. The van der Waals surface area contributed by atoms with E-state index in [9.17, 15) is 9.59 Å². The summed E-state index contributed by atoms with van der Waals surface area (Å²) in [7, 11) is 1.37. The van der Waals surface area contributed by atoms with Crippen molar-refractivity contribution in [1.82, 2.24) is 15.1 Å². The van der Waals surface area contributed by atoms with Crippen LogP contribution in [0, 0.1) is 0 Å². The molecule has 0 aromatic heterocycles. The van der Waals surface area contributed by atoms with Crippen molar-refractivity contribution in [3.63, 3.8) is 0 Å². The average Bonchev–Trinajstić information content (AvgIpc) is 2.47. The minimum Gasteiger partial charge on any atom is -0.466 e. The Morgan fingerprint density at radius 2 is 1.74 bits per heavy atom. The smallest absolute Gasteiger partial charge is 0.407 e. The zero-order valence-electron chi connectivity index (χ0n) is 14.6. The number of nitrogens with zero attached hydrogens (tertiary/aromatic N) is 2. The maximum absolute atomic E-state index is 11.5. The maximum Gasteiger partial charge on any atom is 0.407 e. The zero-order chi connectivity index (χ0) is 17.3. The quantitative estimate of drug-likeness (QED) is 0.576. The molecule has 0 unspecified atom stereocenters. The summed E-state index contributed by atoms with van der Waals surface area (Å²) < 4.78 is 9.75. The molecule has 1 aliphatic rings. The molecular weight excluding hydrogens is 298 g/mol. The summed E-state index contributed by atoms with van der Waals surface area (Å²) >= 11 is 0. The summed E-state index contributed by atoms with van der Waals surface area (Å²) in [6.07, 6.45) is 2.91. The summed E-state index contributed by atoms with van der Waals surface area (Å²) in [6, 6.07) is 0. The third-order valence-corrected chi connectivity index (χ3v) is 3.38. The van der Waals surface area contributed by atoms with Gasteiger partial charge in [0.25, 0.3) is 0 Å². The first-order chi connectivity index (χ1) is 10.8. The summed E-state index contributed by atoms with van der Waals surface area (Å²) in [5, 5.41) is 2.77. The van der Waals surface area contributed by atoms with E-state index in [0.717, 1.165) is 39.3 Å². The van der Waals surface area contributed by atoms with Crippen LogP contribution in [0.1, 0.15) is 20.8 Å². The van der Waals surface area contributed by atoms with Crippen LogP contribution in [0.5, 0.6) is 0 Å². The second-order valence-electron chi connectivity index (χ2n) is 6.50. The van der Waals surface area contributed by atoms with Gasteiger partial charge in [0.1, 0.15) is 5.60 Å². The van der Waals surface area contributed by atoms with Gasteiger partial charge in [0, 0.05) is 51.9 Å². The van der Waals surface area contributed by atoms with Gasteiger partial charge < -0.3 is 14.8 Å². The molecule has 1 amide bonds. The summed E-state index contributed by atoms with van der Waals surface area (Å²) in [6.45, 7) is 11.5. The summed E-state index contributed by atoms with van der Waals surface area (Å²) in [4.78, 5) is 27.1. The van der Waals surface area contributed by atoms with Crippen molar-refractivity contribution in [3.8, 4) is 0 Å². The fourth-order valence-corrected chi connectivity index (χ4v) is 2.19. The molecule has 0 atom stereocenters. The molecule has 1 aliphatic heterocycles. The van der Waals surface area contributed by atoms with Crippen molar-refractivity contribution in [2.45, 2.75) is 26.4 Å². The predicted molar refractivity (Wildman–Crippen MR) is 88.3 cm³/mol. The lowest BCUT2D eigenvalue weighted by molar-refractivity contribution is -0.134. The fourth-order valence-electron chi connectivity index (χ4n) is 2.19. The molecule has 132 valence electrons. The molecule has 1 saturated heterocycles. The maximum atomic E-state index is 11.5. The number of nitrogens with one attached hydrogen (secondary N) is 1. The molecule has 1 N–H and O–H groups in total. The van der Waals surface area contributed by atoms with Crippen molar-refractivity contribution in [3.05, 3.63) is 12.2 Å². The summed E-state index contributed by atoms with van der Waals surface area (Å²) in [5.41, 5.74) is -0.465. The van der Waals surface area contributed by atoms with Gasteiger partial charge in [-0.25, -0.2) is 9.59 Å². The number of hydrogen-bond acceptors (Lipinski definition) is 6. The van der Waals surface area contributed by atoms with Crippen LogP contribution in [0.15, 0.2) is 12.2 Å². The van der Waals surface area contributed by atoms with Crippen LogP contribution in [-0.4, -0.2) is 80.4 Å². The largest absolute Gasteiger partial charge is 0.466 e. The van der Waals surface area contributed by atoms with Crippen LogP contribution in [0.3, 0.4) is 0 Å². The minimum absolute atomic E-state index is 0.322. The highest BCUT2D eigenvalue weighted by molar-refractivity contribution is 5.81. The topological polar surface area (TPSA) is 71.1 Å². The van der Waals surface area contributed by atoms with Gasteiger partial charge in [0.15, 0.2) is 0 Å². The Balaban J connectivity index is 2.13. The van der Waals surface area contributed by atoms with Crippen LogP contribution < -0.4 is 5.32 Å². The fraction of sp³-hybridized carbons (Fsp3) is 0.750. The summed E-state index contributed by atoms with van der Waals surface area (Å²) in [5.74, 6) is -0.322. The third kappa shape index (κ3) is 9.20. The molecule has 1 rings (SSSR count). The number of carbonyl (C=O) groups is 2. The van der Waals surface area contributed by atoms with Crippen LogP contribution in [0.25, 0.3) is 0 Å². The highest BCUT2D eigenvalue weighted by Crippen LogP contribution is 2.06. The molecule has 1 heterocycles. The van der Waals surface area contributed by atoms with Gasteiger partial charge in [-0.05, 0) is 20.8 Å². The van der Waals surface area contributed by atoms with Crippen LogP contribution in [0.4, 0.5) is 4.79 Å². The number of methoxy groups -OCH3 is 1. The number of carbonyl (C=O) groups excluding carboxylic acids is 2. The zero-order valence-corrected chi connectivity index (χ0v) is 14.6. The van der Waals surface area contributed by atoms with E-state index in [0.29, 0.717) is 6.54 Å². The standard InChI is InChI=1S/C16H29N3O4/c1-16(2,3)23-15(21)17-7-9-19-12-10-18(11-13-19)8-5-6-14(20)22-4/h5-6H,7-13H2,1-4H3,(H,17,21)/b6-5+. The molecule has 0 saturated carbocycles. The minimum atomic E-state index is -0.465. The first-order valence-electron chi connectivity index (χ1n) is 7.96. The second-order valence-corrected chi connectivity index (χ2v) is 6.50. The Bertz CT molecular complexity index is 410. The lowest BCUT2D eigenvalue weighted by Gasteiger charge is -2.34. The Kier molecular flexibility index (Phi) is 8.05. The molecule has 0 aromatic rings. The lowest BCUT2D eigenvalue weighted by atomic mass is 10.2. The van der Waals surface area contributed by atoms with Crippen molar-refractivity contribution in [2.24, 2.45) is 0 Å². The first kappa shape index (κ1) is 19.4. The predicted octanol–water partition coefficient (Wildman–Crippen LogP) is 0.858. The van der Waals surface area contributed by atoms with Gasteiger partial charge in [-0.1, -0.05) is 6.08 Å². The van der Waals surface area contributed by atoms with E-state index in [1.807, 2.05) is 26.8 Å². The molecule has 7 heteroatoms. The van der Waals surface area contributed by atoms with Gasteiger partial charge in [-0.15, -0.1) is 0 Å². The van der Waals surface area contributed by atoms with Crippen LogP contribution >= 0.6 is 0 Å². The van der Waals surface area contributed by atoms with E-state index >= 15 is 0 Å². The molecule has 1 fully saturated rings. The molecule has 0 spiro atoms. The highest BCUT2D eigenvalue weighted by atomic mass is 16.6. The molecule has 0 aromatic carbocycles. The Morgan fingerprint density at radius 3 is 2.30 bits per heavy atom. The van der Waals surface area contributed by atoms with Gasteiger partial charge in [-0.2, -0.15) is 0 Å². The normalized spacial score (nSPS) is 17.2. The number of hydrogen-bond donors (Lipinski definition) is 1. The van der Waals surface area contributed by atoms with E-state index in [1.165, 1.54) is 13.2 Å². The van der Waals surface area contributed by atoms with E-state index in [1.54, 1.807) is 0 Å². The first-order valence-corrected chi connectivity index (χ1v) is 7.96. The van der Waals surface area contributed by atoms with Crippen molar-refractivity contribution in [2.75, 3.05) is 52.9 Å². The van der Waals surface area contributed by atoms with Gasteiger partial charge in [0.2, 0.25) is 0 Å². The van der Waals surface area contributed by atoms with E-state index in [-0.39, 0.29) is 12.1 Å². The molecule has 0 radical (unpaired) electrons. The third-order valence-electron chi connectivity index (χ3n) is 3.38. The average molecular weight is 327 g/mol. The van der Waals surface area contributed by atoms with Crippen molar-refractivity contribution < 1.29 is 19.1 Å². The SMILES string of the molecule is COC(=O)/C=C/CN1CCN(CCNC(=O)OC(C)(C)C)CC1. The molecule has 0 aliphatic carbocycles. The van der Waals surface area contributed by atoms with Gasteiger partial charge >= 0.3 is 12.1 Å². The van der Waals surface area contributed by atoms with Crippen molar-refractivity contribution in [1.29, 1.82) is 0 Å². The van der Waals surface area contributed by atoms with E-state index < -0.39 is 5.60 Å². The monoisotopic (exact) mass is 327 g/mol. The number of amides is 1. The molecular formula is C16H29N3O4. The van der Waals surface area contributed by atoms with E-state index in [4.69, 9.17) is 4.74 Å². The Hall–Kier alpha value is -1.60. The number of ether oxygens (including phenoxy) is 2. The van der Waals surface area contributed by atoms with Crippen LogP contribution in [0.2, 0.25) is 0 Å². The Morgan fingerprint density at radius 1 is 1.13 bits per heavy atom. The lowest BCUT2D eigenvalue weighted by Crippen LogP contribution is -2.48. The number of esters is 1. The molecule has 7 nitrogen and oxygen atoms in total. The Labute approximate surface area is 138 Å². The highest BCUT2D eigenvalue weighted by Gasteiger charge is 2.18. The second kappa shape index (κ2) is 9.52. The van der Waals surface area contributed by atoms with Crippen molar-refractivity contribution >= 4 is 12.1 Å². The van der Waals surface area contributed by atoms with Crippen LogP contribution in [-0.2, 0) is 14.3 Å².